The minimum atomic E-state index is -0.165. The van der Waals surface area contributed by atoms with Crippen molar-refractivity contribution in [1.82, 2.24) is 9.88 Å². The summed E-state index contributed by atoms with van der Waals surface area (Å²) in [6, 6.07) is 14.4. The van der Waals surface area contributed by atoms with E-state index in [-0.39, 0.29) is 5.82 Å². The van der Waals surface area contributed by atoms with Crippen LogP contribution in [0.1, 0.15) is 17.9 Å². The molecule has 2 aliphatic rings. The van der Waals surface area contributed by atoms with Crippen LogP contribution in [-0.2, 0) is 0 Å². The molecule has 5 rings (SSSR count). The number of benzene rings is 2. The van der Waals surface area contributed by atoms with Crippen LogP contribution in [0.5, 0.6) is 0 Å². The van der Waals surface area contributed by atoms with E-state index in [0.29, 0.717) is 11.4 Å². The van der Waals surface area contributed by atoms with Crippen LogP contribution < -0.4 is 10.2 Å². The lowest BCUT2D eigenvalue weighted by molar-refractivity contribution is 0.249. The van der Waals surface area contributed by atoms with Gasteiger partial charge in [-0.15, -0.1) is 0 Å². The molecular formula is C22H25FN4. The zero-order chi connectivity index (χ0) is 18.2. The molecule has 3 heterocycles. The van der Waals surface area contributed by atoms with E-state index in [1.165, 1.54) is 17.7 Å². The quantitative estimate of drug-likeness (QED) is 0.734. The standard InChI is InChI=1S/C22H25FN4/c23-20-14-18(13-16-5-7-24-22(16)20)27-11-9-26(10-12-27)8-6-17-15-25-21-4-2-1-3-19(17)21/h1-5,7,13-14,17,24-25H,6,8-12,15H2. The molecular weight excluding hydrogens is 339 g/mol. The molecule has 5 heteroatoms. The molecule has 0 amide bonds. The molecule has 1 atom stereocenters. The van der Waals surface area contributed by atoms with Crippen LogP contribution >= 0.6 is 0 Å². The molecule has 2 aromatic carbocycles. The summed E-state index contributed by atoms with van der Waals surface area (Å²) in [5, 5.41) is 4.46. The first-order valence-electron chi connectivity index (χ1n) is 9.85. The Bertz CT molecular complexity index is 942. The number of nitrogens with zero attached hydrogens (tertiary/aromatic N) is 2. The fourth-order valence-corrected chi connectivity index (χ4v) is 4.48. The number of para-hydroxylation sites is 1. The summed E-state index contributed by atoms with van der Waals surface area (Å²) in [5.41, 5.74) is 4.36. The first-order valence-corrected chi connectivity index (χ1v) is 9.85. The predicted molar refractivity (Wildman–Crippen MR) is 109 cm³/mol. The molecule has 0 aliphatic carbocycles. The lowest BCUT2D eigenvalue weighted by atomic mass is 9.97. The van der Waals surface area contributed by atoms with E-state index in [1.54, 1.807) is 12.3 Å². The maximum absolute atomic E-state index is 14.3. The Morgan fingerprint density at radius 2 is 1.89 bits per heavy atom. The Morgan fingerprint density at radius 3 is 2.78 bits per heavy atom. The molecule has 0 saturated carbocycles. The van der Waals surface area contributed by atoms with Gasteiger partial charge >= 0.3 is 0 Å². The second-order valence-corrected chi connectivity index (χ2v) is 7.65. The van der Waals surface area contributed by atoms with Gasteiger partial charge in [0.25, 0.3) is 0 Å². The lowest BCUT2D eigenvalue weighted by Crippen LogP contribution is -2.46. The van der Waals surface area contributed by atoms with E-state index in [9.17, 15) is 4.39 Å². The molecule has 2 N–H and O–H groups in total. The molecule has 27 heavy (non-hydrogen) atoms. The van der Waals surface area contributed by atoms with Crippen molar-refractivity contribution in [2.75, 3.05) is 49.5 Å². The summed E-state index contributed by atoms with van der Waals surface area (Å²) in [5.74, 6) is 0.451. The Labute approximate surface area is 159 Å². The molecule has 1 aromatic heterocycles. The van der Waals surface area contributed by atoms with Gasteiger partial charge in [-0.2, -0.15) is 0 Å². The van der Waals surface area contributed by atoms with Crippen molar-refractivity contribution < 1.29 is 4.39 Å². The fourth-order valence-electron chi connectivity index (χ4n) is 4.48. The maximum atomic E-state index is 14.3. The van der Waals surface area contributed by atoms with Crippen LogP contribution in [-0.4, -0.2) is 49.2 Å². The van der Waals surface area contributed by atoms with Crippen molar-refractivity contribution in [3.8, 4) is 0 Å². The van der Waals surface area contributed by atoms with Gasteiger partial charge in [-0.25, -0.2) is 4.39 Å². The summed E-state index contributed by atoms with van der Waals surface area (Å²) in [4.78, 5) is 7.82. The van der Waals surface area contributed by atoms with Crippen molar-refractivity contribution in [2.24, 2.45) is 0 Å². The number of anilines is 2. The lowest BCUT2D eigenvalue weighted by Gasteiger charge is -2.36. The molecule has 140 valence electrons. The third-order valence-corrected chi connectivity index (χ3v) is 6.07. The molecule has 1 saturated heterocycles. The smallest absolute Gasteiger partial charge is 0.149 e. The minimum absolute atomic E-state index is 0.165. The number of H-pyrrole nitrogens is 1. The number of hydrogen-bond donors (Lipinski definition) is 2. The highest BCUT2D eigenvalue weighted by Gasteiger charge is 2.24. The van der Waals surface area contributed by atoms with Gasteiger partial charge in [-0.3, -0.25) is 4.90 Å². The van der Waals surface area contributed by atoms with E-state index in [0.717, 1.165) is 50.3 Å². The van der Waals surface area contributed by atoms with Gasteiger partial charge in [0.1, 0.15) is 5.82 Å². The molecule has 0 bridgehead atoms. The Morgan fingerprint density at radius 1 is 1.04 bits per heavy atom. The Hall–Kier alpha value is -2.53. The predicted octanol–water partition coefficient (Wildman–Crippen LogP) is 4.03. The van der Waals surface area contributed by atoms with Crippen molar-refractivity contribution >= 4 is 22.3 Å². The molecule has 3 aromatic rings. The first kappa shape index (κ1) is 16.6. The average molecular weight is 364 g/mol. The second kappa shape index (κ2) is 6.89. The average Bonchev–Trinajstić information content (AvgIpc) is 3.34. The third kappa shape index (κ3) is 3.16. The van der Waals surface area contributed by atoms with E-state index in [2.05, 4.69) is 50.4 Å². The molecule has 2 aliphatic heterocycles. The number of nitrogens with one attached hydrogen (secondary N) is 2. The number of aromatic nitrogens is 1. The molecule has 0 radical (unpaired) electrons. The second-order valence-electron chi connectivity index (χ2n) is 7.65. The zero-order valence-corrected chi connectivity index (χ0v) is 15.4. The summed E-state index contributed by atoms with van der Waals surface area (Å²) >= 11 is 0. The highest BCUT2D eigenvalue weighted by Crippen LogP contribution is 2.33. The van der Waals surface area contributed by atoms with E-state index in [4.69, 9.17) is 0 Å². The zero-order valence-electron chi connectivity index (χ0n) is 15.4. The van der Waals surface area contributed by atoms with Crippen LogP contribution in [0, 0.1) is 5.82 Å². The van der Waals surface area contributed by atoms with E-state index >= 15 is 0 Å². The van der Waals surface area contributed by atoms with Crippen molar-refractivity contribution in [1.29, 1.82) is 0 Å². The van der Waals surface area contributed by atoms with Gasteiger partial charge in [0.05, 0.1) is 5.52 Å². The van der Waals surface area contributed by atoms with Crippen LogP contribution in [0.25, 0.3) is 10.9 Å². The van der Waals surface area contributed by atoms with Crippen LogP contribution in [0.2, 0.25) is 0 Å². The molecule has 0 spiro atoms. The van der Waals surface area contributed by atoms with Gasteiger partial charge in [0.2, 0.25) is 0 Å². The maximum Gasteiger partial charge on any atom is 0.149 e. The van der Waals surface area contributed by atoms with Crippen LogP contribution in [0.3, 0.4) is 0 Å². The van der Waals surface area contributed by atoms with E-state index < -0.39 is 0 Å². The first-order chi connectivity index (χ1) is 13.3. The van der Waals surface area contributed by atoms with Crippen LogP contribution in [0.4, 0.5) is 15.8 Å². The summed E-state index contributed by atoms with van der Waals surface area (Å²) in [6.07, 6.45) is 2.99. The highest BCUT2D eigenvalue weighted by molar-refractivity contribution is 5.84. The molecule has 1 fully saturated rings. The monoisotopic (exact) mass is 364 g/mol. The normalized spacial score (nSPS) is 20.0. The highest BCUT2D eigenvalue weighted by atomic mass is 19.1. The van der Waals surface area contributed by atoms with Gasteiger partial charge < -0.3 is 15.2 Å². The number of halogens is 1. The summed E-state index contributed by atoms with van der Waals surface area (Å²) in [6.45, 7) is 6.15. The van der Waals surface area contributed by atoms with Gasteiger partial charge in [0.15, 0.2) is 0 Å². The SMILES string of the molecule is Fc1cc(N2CCN(CCC3CNc4ccccc43)CC2)cc2cc[nH]c12. The van der Waals surface area contributed by atoms with Gasteiger partial charge in [-0.1, -0.05) is 18.2 Å². The summed E-state index contributed by atoms with van der Waals surface area (Å²) in [7, 11) is 0. The van der Waals surface area contributed by atoms with E-state index in [1.807, 2.05) is 6.07 Å². The van der Waals surface area contributed by atoms with Crippen molar-refractivity contribution in [2.45, 2.75) is 12.3 Å². The third-order valence-electron chi connectivity index (χ3n) is 6.07. The molecule has 1 unspecified atom stereocenters. The Balaban J connectivity index is 1.18. The fraction of sp³-hybridized carbons (Fsp3) is 0.364. The number of aromatic amines is 1. The topological polar surface area (TPSA) is 34.3 Å². The minimum Gasteiger partial charge on any atom is -0.384 e. The summed E-state index contributed by atoms with van der Waals surface area (Å²) < 4.78 is 14.3. The number of fused-ring (bicyclic) bond motifs is 2. The van der Waals surface area contributed by atoms with Gasteiger partial charge in [-0.05, 0) is 42.8 Å². The number of hydrogen-bond acceptors (Lipinski definition) is 3. The number of rotatable bonds is 4. The van der Waals surface area contributed by atoms with Gasteiger partial charge in [0, 0.05) is 61.6 Å². The number of piperazine rings is 1. The van der Waals surface area contributed by atoms with Crippen LogP contribution in [0.15, 0.2) is 48.7 Å². The largest absolute Gasteiger partial charge is 0.384 e. The van der Waals surface area contributed by atoms with Crippen molar-refractivity contribution in [3.05, 3.63) is 60.0 Å². The van der Waals surface area contributed by atoms with Crippen molar-refractivity contribution in [3.63, 3.8) is 0 Å². The molecule has 4 nitrogen and oxygen atoms in total. The Kier molecular flexibility index (Phi) is 4.24.